The van der Waals surface area contributed by atoms with Crippen molar-refractivity contribution in [2.75, 3.05) is 13.2 Å². The van der Waals surface area contributed by atoms with Crippen molar-refractivity contribution in [2.45, 2.75) is 78.1 Å². The maximum atomic E-state index is 12.2. The van der Waals surface area contributed by atoms with Crippen LogP contribution >= 0.6 is 0 Å². The van der Waals surface area contributed by atoms with Gasteiger partial charge < -0.3 is 10.1 Å². The number of carbonyl (C=O) groups excluding carboxylic acids is 1. The number of unbranched alkanes of at least 4 members (excludes halogenated alkanes) is 9. The average molecular weight is 334 g/mol. The first kappa shape index (κ1) is 20.5. The lowest BCUT2D eigenvalue weighted by molar-refractivity contribution is 0.0949. The molecule has 3 nitrogen and oxygen atoms in total. The molecule has 0 saturated heterocycles. The highest BCUT2D eigenvalue weighted by Gasteiger charge is 2.10. The van der Waals surface area contributed by atoms with E-state index in [0.29, 0.717) is 17.9 Å². The van der Waals surface area contributed by atoms with Gasteiger partial charge in [-0.3, -0.25) is 4.79 Å². The maximum absolute atomic E-state index is 12.2. The van der Waals surface area contributed by atoms with Crippen molar-refractivity contribution in [1.29, 1.82) is 0 Å². The quantitative estimate of drug-likeness (QED) is 0.441. The minimum Gasteiger partial charge on any atom is -0.493 e. The molecule has 0 heterocycles. The van der Waals surface area contributed by atoms with Crippen LogP contribution in [0.5, 0.6) is 5.75 Å². The number of hydrogen-bond donors (Lipinski definition) is 1. The molecule has 0 bridgehead atoms. The van der Waals surface area contributed by atoms with Gasteiger partial charge in [-0.25, -0.2) is 0 Å². The summed E-state index contributed by atoms with van der Waals surface area (Å²) in [4.78, 5) is 12.2. The van der Waals surface area contributed by atoms with Gasteiger partial charge in [-0.1, -0.05) is 76.8 Å². The van der Waals surface area contributed by atoms with Gasteiger partial charge in [0, 0.05) is 6.54 Å². The molecule has 136 valence electrons. The molecule has 1 aromatic rings. The highest BCUT2D eigenvalue weighted by molar-refractivity contribution is 5.96. The molecular weight excluding hydrogens is 298 g/mol. The smallest absolute Gasteiger partial charge is 0.255 e. The van der Waals surface area contributed by atoms with Crippen LogP contribution < -0.4 is 10.1 Å². The van der Waals surface area contributed by atoms with Crippen molar-refractivity contribution in [3.63, 3.8) is 0 Å². The summed E-state index contributed by atoms with van der Waals surface area (Å²) in [7, 11) is 0. The van der Waals surface area contributed by atoms with Crippen LogP contribution in [-0.4, -0.2) is 19.1 Å². The highest BCUT2D eigenvalue weighted by Crippen LogP contribution is 2.17. The Morgan fingerprint density at radius 3 is 2.08 bits per heavy atom. The van der Waals surface area contributed by atoms with E-state index in [1.165, 1.54) is 57.8 Å². The van der Waals surface area contributed by atoms with Gasteiger partial charge in [0.1, 0.15) is 5.75 Å². The fourth-order valence-corrected chi connectivity index (χ4v) is 2.85. The predicted octanol–water partition coefficient (Wildman–Crippen LogP) is 5.74. The second-order valence-corrected chi connectivity index (χ2v) is 6.37. The zero-order valence-corrected chi connectivity index (χ0v) is 15.6. The number of benzene rings is 1. The summed E-state index contributed by atoms with van der Waals surface area (Å²) in [6.45, 7) is 5.51. The van der Waals surface area contributed by atoms with E-state index in [0.717, 1.165) is 13.0 Å². The molecule has 0 fully saturated rings. The molecule has 1 N–H and O–H groups in total. The largest absolute Gasteiger partial charge is 0.493 e. The summed E-state index contributed by atoms with van der Waals surface area (Å²) in [5.74, 6) is 0.635. The highest BCUT2D eigenvalue weighted by atomic mass is 16.5. The van der Waals surface area contributed by atoms with E-state index in [9.17, 15) is 4.79 Å². The standard InChI is InChI=1S/C21H35NO2/c1-3-5-6-7-8-9-10-11-12-15-18-22-21(23)19-16-13-14-17-20(19)24-4-2/h13-14,16-17H,3-12,15,18H2,1-2H3,(H,22,23). The third kappa shape index (κ3) is 8.95. The zero-order valence-electron chi connectivity index (χ0n) is 15.6. The van der Waals surface area contributed by atoms with Crippen LogP contribution in [0.25, 0.3) is 0 Å². The van der Waals surface area contributed by atoms with Crippen molar-refractivity contribution in [1.82, 2.24) is 5.32 Å². The number of nitrogens with one attached hydrogen (secondary N) is 1. The second-order valence-electron chi connectivity index (χ2n) is 6.37. The van der Waals surface area contributed by atoms with E-state index in [-0.39, 0.29) is 5.91 Å². The molecule has 1 rings (SSSR count). The van der Waals surface area contributed by atoms with Gasteiger partial charge in [0.15, 0.2) is 0 Å². The molecule has 0 atom stereocenters. The molecular formula is C21H35NO2. The van der Waals surface area contributed by atoms with Crippen LogP contribution in [0.1, 0.15) is 88.4 Å². The van der Waals surface area contributed by atoms with Gasteiger partial charge >= 0.3 is 0 Å². The summed E-state index contributed by atoms with van der Waals surface area (Å²) in [5, 5.41) is 3.00. The van der Waals surface area contributed by atoms with Gasteiger partial charge in [0.2, 0.25) is 0 Å². The molecule has 3 heteroatoms. The van der Waals surface area contributed by atoms with Crippen LogP contribution in [-0.2, 0) is 0 Å². The maximum Gasteiger partial charge on any atom is 0.255 e. The summed E-state index contributed by atoms with van der Waals surface area (Å²) in [6.07, 6.45) is 13.1. The zero-order chi connectivity index (χ0) is 17.5. The van der Waals surface area contributed by atoms with E-state index in [2.05, 4.69) is 12.2 Å². The van der Waals surface area contributed by atoms with Crippen LogP contribution in [0.4, 0.5) is 0 Å². The van der Waals surface area contributed by atoms with Gasteiger partial charge in [-0.2, -0.15) is 0 Å². The number of amides is 1. The average Bonchev–Trinajstić information content (AvgIpc) is 2.60. The lowest BCUT2D eigenvalue weighted by Crippen LogP contribution is -2.25. The van der Waals surface area contributed by atoms with Crippen molar-refractivity contribution in [3.05, 3.63) is 29.8 Å². The summed E-state index contributed by atoms with van der Waals surface area (Å²) in [6, 6.07) is 7.43. The summed E-state index contributed by atoms with van der Waals surface area (Å²) < 4.78 is 5.50. The Balaban J connectivity index is 2.06. The van der Waals surface area contributed by atoms with Gasteiger partial charge in [0.25, 0.3) is 5.91 Å². The normalized spacial score (nSPS) is 10.6. The first-order chi connectivity index (χ1) is 11.8. The van der Waals surface area contributed by atoms with Gasteiger partial charge in [-0.15, -0.1) is 0 Å². The summed E-state index contributed by atoms with van der Waals surface area (Å²) in [5.41, 5.74) is 0.631. The molecule has 0 unspecified atom stereocenters. The van der Waals surface area contributed by atoms with E-state index in [4.69, 9.17) is 4.74 Å². The SMILES string of the molecule is CCCCCCCCCCCCNC(=O)c1ccccc1OCC. The Hall–Kier alpha value is -1.51. The van der Waals surface area contributed by atoms with E-state index in [1.54, 1.807) is 0 Å². The van der Waals surface area contributed by atoms with E-state index < -0.39 is 0 Å². The minimum absolute atomic E-state index is 0.0324. The molecule has 0 aliphatic carbocycles. The molecule has 0 spiro atoms. The Morgan fingerprint density at radius 2 is 1.46 bits per heavy atom. The van der Waals surface area contributed by atoms with Crippen LogP contribution in [0, 0.1) is 0 Å². The molecule has 1 aromatic carbocycles. The Bertz CT molecular complexity index is 445. The van der Waals surface area contributed by atoms with Crippen molar-refractivity contribution < 1.29 is 9.53 Å². The van der Waals surface area contributed by atoms with Crippen molar-refractivity contribution in [2.24, 2.45) is 0 Å². The second kappa shape index (κ2) is 13.9. The Morgan fingerprint density at radius 1 is 0.875 bits per heavy atom. The number of ether oxygens (including phenoxy) is 1. The van der Waals surface area contributed by atoms with Crippen molar-refractivity contribution >= 4 is 5.91 Å². The molecule has 0 aliphatic rings. The molecule has 24 heavy (non-hydrogen) atoms. The fourth-order valence-electron chi connectivity index (χ4n) is 2.85. The Kier molecular flexibility index (Phi) is 11.9. The van der Waals surface area contributed by atoms with Crippen LogP contribution in [0.2, 0.25) is 0 Å². The first-order valence-electron chi connectivity index (χ1n) is 9.79. The third-order valence-corrected chi connectivity index (χ3v) is 4.25. The van der Waals surface area contributed by atoms with Gasteiger partial charge in [-0.05, 0) is 25.5 Å². The molecule has 1 amide bonds. The molecule has 0 aliphatic heterocycles. The number of hydrogen-bond acceptors (Lipinski definition) is 2. The van der Waals surface area contributed by atoms with E-state index >= 15 is 0 Å². The number of para-hydroxylation sites is 1. The topological polar surface area (TPSA) is 38.3 Å². The van der Waals surface area contributed by atoms with Gasteiger partial charge in [0.05, 0.1) is 12.2 Å². The first-order valence-corrected chi connectivity index (χ1v) is 9.79. The number of carbonyl (C=O) groups is 1. The van der Waals surface area contributed by atoms with Crippen LogP contribution in [0.3, 0.4) is 0 Å². The lowest BCUT2D eigenvalue weighted by Gasteiger charge is -2.10. The van der Waals surface area contributed by atoms with Crippen LogP contribution in [0.15, 0.2) is 24.3 Å². The van der Waals surface area contributed by atoms with E-state index in [1.807, 2.05) is 31.2 Å². The molecule has 0 aromatic heterocycles. The molecule has 0 radical (unpaired) electrons. The minimum atomic E-state index is -0.0324. The monoisotopic (exact) mass is 333 g/mol. The summed E-state index contributed by atoms with van der Waals surface area (Å²) >= 11 is 0. The molecule has 0 saturated carbocycles. The lowest BCUT2D eigenvalue weighted by atomic mass is 10.1. The predicted molar refractivity (Wildman–Crippen MR) is 102 cm³/mol. The fraction of sp³-hybridized carbons (Fsp3) is 0.667. The third-order valence-electron chi connectivity index (χ3n) is 4.25. The van der Waals surface area contributed by atoms with Crippen molar-refractivity contribution in [3.8, 4) is 5.75 Å². The Labute approximate surface area is 148 Å². The number of rotatable bonds is 14.